The minimum atomic E-state index is 0.481. The average Bonchev–Trinajstić information content (AvgIpc) is 2.96. The van der Waals surface area contributed by atoms with Gasteiger partial charge in [0, 0.05) is 30.1 Å². The summed E-state index contributed by atoms with van der Waals surface area (Å²) in [4.78, 5) is 8.15. The summed E-state index contributed by atoms with van der Waals surface area (Å²) in [6.45, 7) is 0.643. The standard InChI is InChI=1S/C14H12ClN5/c15-13-4-3-12(9-18-13)17-7-11-8-19-20-14(11)10-2-1-5-16-6-10/h1-6,8-9,17H,7H2,(H,19,20). The number of pyridine rings is 2. The Morgan fingerprint density at radius 1 is 1.15 bits per heavy atom. The molecule has 0 unspecified atom stereocenters. The molecule has 3 aromatic heterocycles. The monoisotopic (exact) mass is 285 g/mol. The van der Waals surface area contributed by atoms with Gasteiger partial charge in [-0.1, -0.05) is 11.6 Å². The van der Waals surface area contributed by atoms with Crippen molar-refractivity contribution in [1.29, 1.82) is 0 Å². The van der Waals surface area contributed by atoms with Crippen molar-refractivity contribution in [2.24, 2.45) is 0 Å². The number of aromatic nitrogens is 4. The van der Waals surface area contributed by atoms with E-state index in [0.29, 0.717) is 11.7 Å². The number of hydrogen-bond acceptors (Lipinski definition) is 4. The Labute approximate surface area is 121 Å². The van der Waals surface area contributed by atoms with Crippen LogP contribution in [0.4, 0.5) is 5.69 Å². The Morgan fingerprint density at radius 2 is 2.10 bits per heavy atom. The summed E-state index contributed by atoms with van der Waals surface area (Å²) < 4.78 is 0. The Bertz CT molecular complexity index is 678. The number of rotatable bonds is 4. The second kappa shape index (κ2) is 5.71. The van der Waals surface area contributed by atoms with E-state index in [-0.39, 0.29) is 0 Å². The van der Waals surface area contributed by atoms with E-state index >= 15 is 0 Å². The molecule has 20 heavy (non-hydrogen) atoms. The lowest BCUT2D eigenvalue weighted by atomic mass is 10.1. The molecule has 100 valence electrons. The van der Waals surface area contributed by atoms with E-state index in [1.54, 1.807) is 30.9 Å². The van der Waals surface area contributed by atoms with E-state index in [0.717, 1.165) is 22.5 Å². The van der Waals surface area contributed by atoms with Crippen molar-refractivity contribution in [3.8, 4) is 11.3 Å². The quantitative estimate of drug-likeness (QED) is 0.723. The smallest absolute Gasteiger partial charge is 0.129 e. The highest BCUT2D eigenvalue weighted by molar-refractivity contribution is 6.29. The van der Waals surface area contributed by atoms with Gasteiger partial charge in [0.05, 0.1) is 23.8 Å². The maximum absolute atomic E-state index is 5.76. The number of nitrogens with zero attached hydrogens (tertiary/aromatic N) is 3. The van der Waals surface area contributed by atoms with Crippen LogP contribution in [-0.4, -0.2) is 20.2 Å². The first-order valence-electron chi connectivity index (χ1n) is 6.11. The Kier molecular flexibility index (Phi) is 3.60. The molecule has 0 spiro atoms. The largest absolute Gasteiger partial charge is 0.380 e. The second-order valence-corrected chi connectivity index (χ2v) is 4.62. The van der Waals surface area contributed by atoms with Gasteiger partial charge in [0.15, 0.2) is 0 Å². The SMILES string of the molecule is Clc1ccc(NCc2cn[nH]c2-c2cccnc2)cn1. The minimum Gasteiger partial charge on any atom is -0.380 e. The summed E-state index contributed by atoms with van der Waals surface area (Å²) in [6.07, 6.45) is 7.06. The van der Waals surface area contributed by atoms with Gasteiger partial charge >= 0.3 is 0 Å². The van der Waals surface area contributed by atoms with Crippen molar-refractivity contribution in [2.75, 3.05) is 5.32 Å². The normalized spacial score (nSPS) is 10.4. The predicted molar refractivity (Wildman–Crippen MR) is 78.4 cm³/mol. The van der Waals surface area contributed by atoms with Crippen molar-refractivity contribution in [3.63, 3.8) is 0 Å². The molecule has 2 N–H and O–H groups in total. The van der Waals surface area contributed by atoms with E-state index in [1.807, 2.05) is 18.2 Å². The molecule has 5 nitrogen and oxygen atoms in total. The van der Waals surface area contributed by atoms with Gasteiger partial charge in [-0.3, -0.25) is 10.1 Å². The van der Waals surface area contributed by atoms with Gasteiger partial charge in [0.2, 0.25) is 0 Å². The number of anilines is 1. The maximum atomic E-state index is 5.76. The van der Waals surface area contributed by atoms with Gasteiger partial charge in [0.1, 0.15) is 5.15 Å². The van der Waals surface area contributed by atoms with Crippen LogP contribution in [0.25, 0.3) is 11.3 Å². The van der Waals surface area contributed by atoms with Gasteiger partial charge in [0.25, 0.3) is 0 Å². The maximum Gasteiger partial charge on any atom is 0.129 e. The van der Waals surface area contributed by atoms with Gasteiger partial charge in [-0.25, -0.2) is 4.98 Å². The minimum absolute atomic E-state index is 0.481. The summed E-state index contributed by atoms with van der Waals surface area (Å²) in [6, 6.07) is 7.53. The number of halogens is 1. The fourth-order valence-electron chi connectivity index (χ4n) is 1.88. The summed E-state index contributed by atoms with van der Waals surface area (Å²) in [5.74, 6) is 0. The lowest BCUT2D eigenvalue weighted by Crippen LogP contribution is -2.00. The van der Waals surface area contributed by atoms with Crippen molar-refractivity contribution >= 4 is 17.3 Å². The predicted octanol–water partition coefficient (Wildman–Crippen LogP) is 3.13. The van der Waals surface area contributed by atoms with Gasteiger partial charge < -0.3 is 5.32 Å². The molecule has 3 rings (SSSR count). The molecule has 0 saturated heterocycles. The molecule has 0 aromatic carbocycles. The van der Waals surface area contributed by atoms with Crippen molar-refractivity contribution in [1.82, 2.24) is 20.2 Å². The molecule has 0 bridgehead atoms. The summed E-state index contributed by atoms with van der Waals surface area (Å²) >= 11 is 5.76. The summed E-state index contributed by atoms with van der Waals surface area (Å²) in [5, 5.41) is 10.9. The van der Waals surface area contributed by atoms with Gasteiger partial charge in [-0.2, -0.15) is 5.10 Å². The van der Waals surface area contributed by atoms with E-state index in [2.05, 4.69) is 25.5 Å². The highest BCUT2D eigenvalue weighted by atomic mass is 35.5. The molecule has 0 radical (unpaired) electrons. The van der Waals surface area contributed by atoms with Crippen molar-refractivity contribution < 1.29 is 0 Å². The molecule has 3 aromatic rings. The first kappa shape index (κ1) is 12.6. The zero-order chi connectivity index (χ0) is 13.8. The third-order valence-electron chi connectivity index (χ3n) is 2.88. The van der Waals surface area contributed by atoms with Crippen LogP contribution in [0.3, 0.4) is 0 Å². The zero-order valence-electron chi connectivity index (χ0n) is 10.5. The Morgan fingerprint density at radius 3 is 2.85 bits per heavy atom. The molecular formula is C14H12ClN5. The molecule has 0 saturated carbocycles. The average molecular weight is 286 g/mol. The highest BCUT2D eigenvalue weighted by Gasteiger charge is 2.07. The first-order chi connectivity index (χ1) is 9.83. The third kappa shape index (κ3) is 2.78. The Balaban J connectivity index is 1.76. The summed E-state index contributed by atoms with van der Waals surface area (Å²) in [7, 11) is 0. The van der Waals surface area contributed by atoms with Crippen LogP contribution in [0.15, 0.2) is 49.1 Å². The van der Waals surface area contributed by atoms with Gasteiger partial charge in [-0.15, -0.1) is 0 Å². The topological polar surface area (TPSA) is 66.5 Å². The number of nitrogens with one attached hydrogen (secondary N) is 2. The fraction of sp³-hybridized carbons (Fsp3) is 0.0714. The second-order valence-electron chi connectivity index (χ2n) is 4.24. The van der Waals surface area contributed by atoms with E-state index in [4.69, 9.17) is 11.6 Å². The van der Waals surface area contributed by atoms with E-state index in [1.165, 1.54) is 0 Å². The van der Waals surface area contributed by atoms with Crippen molar-refractivity contribution in [2.45, 2.75) is 6.54 Å². The lowest BCUT2D eigenvalue weighted by molar-refractivity contribution is 1.09. The molecule has 0 atom stereocenters. The van der Waals surface area contributed by atoms with Crippen LogP contribution in [-0.2, 0) is 6.54 Å². The fourth-order valence-corrected chi connectivity index (χ4v) is 2.00. The van der Waals surface area contributed by atoms with Crippen LogP contribution in [0.1, 0.15) is 5.56 Å². The molecule has 3 heterocycles. The van der Waals surface area contributed by atoms with Crippen LogP contribution in [0, 0.1) is 0 Å². The summed E-state index contributed by atoms with van der Waals surface area (Å²) in [5.41, 5.74) is 3.95. The lowest BCUT2D eigenvalue weighted by Gasteiger charge is -2.06. The third-order valence-corrected chi connectivity index (χ3v) is 3.10. The molecule has 0 amide bonds. The highest BCUT2D eigenvalue weighted by Crippen LogP contribution is 2.21. The molecule has 6 heteroatoms. The number of hydrogen-bond donors (Lipinski definition) is 2. The zero-order valence-corrected chi connectivity index (χ0v) is 11.3. The molecule has 0 aliphatic carbocycles. The van der Waals surface area contributed by atoms with E-state index in [9.17, 15) is 0 Å². The van der Waals surface area contributed by atoms with E-state index < -0.39 is 0 Å². The van der Waals surface area contributed by atoms with Crippen LogP contribution in [0.2, 0.25) is 5.15 Å². The van der Waals surface area contributed by atoms with Crippen LogP contribution < -0.4 is 5.32 Å². The van der Waals surface area contributed by atoms with Crippen LogP contribution >= 0.6 is 11.6 Å². The first-order valence-corrected chi connectivity index (χ1v) is 6.49. The van der Waals surface area contributed by atoms with Crippen molar-refractivity contribution in [3.05, 3.63) is 59.8 Å². The Hall–Kier alpha value is -2.40. The van der Waals surface area contributed by atoms with Gasteiger partial charge in [-0.05, 0) is 24.3 Å². The molecule has 0 aliphatic rings. The molecule has 0 fully saturated rings. The van der Waals surface area contributed by atoms with Crippen LogP contribution in [0.5, 0.6) is 0 Å². The number of aromatic amines is 1. The number of H-pyrrole nitrogens is 1. The molecular weight excluding hydrogens is 274 g/mol. The molecule has 0 aliphatic heterocycles.